The Labute approximate surface area is 86.9 Å². The number of hydrogen-bond donors (Lipinski definition) is 3. The zero-order valence-corrected chi connectivity index (χ0v) is 8.33. The van der Waals surface area contributed by atoms with Crippen molar-refractivity contribution in [3.8, 4) is 0 Å². The molecule has 0 saturated heterocycles. The standard InChI is InChI=1S/C10H13FN2O2/c1-6(14)5-13-10(15)8-4-7(12)2-3-9(8)11/h2-4,6,14H,5,12H2,1H3,(H,13,15)/t6-/m1/s1. The molecule has 5 heteroatoms. The number of nitrogens with two attached hydrogens (primary N) is 1. The summed E-state index contributed by atoms with van der Waals surface area (Å²) in [4.78, 5) is 11.4. The molecule has 82 valence electrons. The van der Waals surface area contributed by atoms with Crippen molar-refractivity contribution in [2.45, 2.75) is 13.0 Å². The van der Waals surface area contributed by atoms with Crippen LogP contribution in [0.5, 0.6) is 0 Å². The zero-order chi connectivity index (χ0) is 11.4. The molecule has 0 aliphatic carbocycles. The summed E-state index contributed by atoms with van der Waals surface area (Å²) in [7, 11) is 0. The minimum absolute atomic E-state index is 0.0765. The van der Waals surface area contributed by atoms with E-state index in [0.29, 0.717) is 5.69 Å². The van der Waals surface area contributed by atoms with E-state index in [9.17, 15) is 9.18 Å². The second-order valence-electron chi connectivity index (χ2n) is 3.30. The van der Waals surface area contributed by atoms with Crippen LogP contribution in [-0.4, -0.2) is 23.7 Å². The van der Waals surface area contributed by atoms with E-state index >= 15 is 0 Å². The summed E-state index contributed by atoms with van der Waals surface area (Å²) in [5, 5.41) is 11.3. The van der Waals surface area contributed by atoms with E-state index in [0.717, 1.165) is 6.07 Å². The molecule has 1 aromatic carbocycles. The fourth-order valence-corrected chi connectivity index (χ4v) is 1.05. The number of amides is 1. The van der Waals surface area contributed by atoms with E-state index in [1.165, 1.54) is 19.1 Å². The Morgan fingerprint density at radius 1 is 1.67 bits per heavy atom. The number of rotatable bonds is 3. The third kappa shape index (κ3) is 3.21. The van der Waals surface area contributed by atoms with Gasteiger partial charge in [0.1, 0.15) is 5.82 Å². The van der Waals surface area contributed by atoms with E-state index in [-0.39, 0.29) is 12.1 Å². The molecular formula is C10H13FN2O2. The van der Waals surface area contributed by atoms with E-state index < -0.39 is 17.8 Å². The summed E-state index contributed by atoms with van der Waals surface area (Å²) in [5.41, 5.74) is 5.63. The quantitative estimate of drug-likeness (QED) is 0.639. The highest BCUT2D eigenvalue weighted by Gasteiger charge is 2.11. The van der Waals surface area contributed by atoms with Crippen LogP contribution in [0.25, 0.3) is 0 Å². The summed E-state index contributed by atoms with van der Waals surface area (Å²) < 4.78 is 13.2. The second-order valence-corrected chi connectivity index (χ2v) is 3.30. The lowest BCUT2D eigenvalue weighted by atomic mass is 10.1. The Bertz CT molecular complexity index is 366. The monoisotopic (exact) mass is 212 g/mol. The first-order valence-corrected chi connectivity index (χ1v) is 4.52. The molecule has 0 unspecified atom stereocenters. The summed E-state index contributed by atoms with van der Waals surface area (Å²) in [5.74, 6) is -1.21. The van der Waals surface area contributed by atoms with Crippen molar-refractivity contribution in [3.63, 3.8) is 0 Å². The van der Waals surface area contributed by atoms with E-state index in [1.54, 1.807) is 0 Å². The molecular weight excluding hydrogens is 199 g/mol. The number of nitrogens with one attached hydrogen (secondary N) is 1. The SMILES string of the molecule is C[C@@H](O)CNC(=O)c1cc(N)ccc1F. The first kappa shape index (κ1) is 11.5. The van der Waals surface area contributed by atoms with Gasteiger partial charge >= 0.3 is 0 Å². The molecule has 4 nitrogen and oxygen atoms in total. The smallest absolute Gasteiger partial charge is 0.254 e. The van der Waals surface area contributed by atoms with Gasteiger partial charge in [0.25, 0.3) is 5.91 Å². The van der Waals surface area contributed by atoms with Gasteiger partial charge in [-0.25, -0.2) is 4.39 Å². The highest BCUT2D eigenvalue weighted by Crippen LogP contribution is 2.11. The van der Waals surface area contributed by atoms with Gasteiger partial charge in [-0.1, -0.05) is 0 Å². The van der Waals surface area contributed by atoms with Gasteiger partial charge in [0.05, 0.1) is 11.7 Å². The van der Waals surface area contributed by atoms with Crippen molar-refractivity contribution < 1.29 is 14.3 Å². The largest absolute Gasteiger partial charge is 0.399 e. The molecule has 1 aromatic rings. The summed E-state index contributed by atoms with van der Waals surface area (Å²) in [6, 6.07) is 3.76. The molecule has 0 aromatic heterocycles. The van der Waals surface area contributed by atoms with Crippen molar-refractivity contribution >= 4 is 11.6 Å². The number of carbonyl (C=O) groups is 1. The molecule has 0 aliphatic heterocycles. The number of aliphatic hydroxyl groups is 1. The fourth-order valence-electron chi connectivity index (χ4n) is 1.05. The molecule has 1 atom stereocenters. The van der Waals surface area contributed by atoms with Crippen molar-refractivity contribution in [1.29, 1.82) is 0 Å². The predicted molar refractivity (Wildman–Crippen MR) is 54.8 cm³/mol. The highest BCUT2D eigenvalue weighted by atomic mass is 19.1. The van der Waals surface area contributed by atoms with E-state index in [1.807, 2.05) is 0 Å². The Morgan fingerprint density at radius 3 is 2.93 bits per heavy atom. The lowest BCUT2D eigenvalue weighted by Gasteiger charge is -2.08. The van der Waals surface area contributed by atoms with Crippen LogP contribution in [0.4, 0.5) is 10.1 Å². The molecule has 0 spiro atoms. The van der Waals surface area contributed by atoms with Crippen LogP contribution in [0.1, 0.15) is 17.3 Å². The molecule has 4 N–H and O–H groups in total. The predicted octanol–water partition coefficient (Wildman–Crippen LogP) is 0.519. The highest BCUT2D eigenvalue weighted by molar-refractivity contribution is 5.95. The lowest BCUT2D eigenvalue weighted by molar-refractivity contribution is 0.0920. The molecule has 0 fully saturated rings. The van der Waals surface area contributed by atoms with Gasteiger partial charge in [-0.3, -0.25) is 4.79 Å². The lowest BCUT2D eigenvalue weighted by Crippen LogP contribution is -2.31. The number of anilines is 1. The minimum Gasteiger partial charge on any atom is -0.399 e. The average molecular weight is 212 g/mol. The third-order valence-electron chi connectivity index (χ3n) is 1.79. The summed E-state index contributed by atoms with van der Waals surface area (Å²) in [6.45, 7) is 1.60. The Hall–Kier alpha value is -1.62. The van der Waals surface area contributed by atoms with Crippen LogP contribution in [0.15, 0.2) is 18.2 Å². The fraction of sp³-hybridized carbons (Fsp3) is 0.300. The van der Waals surface area contributed by atoms with Crippen LogP contribution in [-0.2, 0) is 0 Å². The van der Waals surface area contributed by atoms with Crippen LogP contribution >= 0.6 is 0 Å². The maximum absolute atomic E-state index is 13.2. The average Bonchev–Trinajstić information content (AvgIpc) is 2.18. The summed E-state index contributed by atoms with van der Waals surface area (Å²) >= 11 is 0. The first-order valence-electron chi connectivity index (χ1n) is 4.52. The van der Waals surface area contributed by atoms with Crippen LogP contribution in [0, 0.1) is 5.82 Å². The van der Waals surface area contributed by atoms with Gasteiger partial charge in [-0.05, 0) is 25.1 Å². The van der Waals surface area contributed by atoms with Crippen LogP contribution < -0.4 is 11.1 Å². The van der Waals surface area contributed by atoms with E-state index in [2.05, 4.69) is 5.32 Å². The third-order valence-corrected chi connectivity index (χ3v) is 1.79. The number of benzene rings is 1. The van der Waals surface area contributed by atoms with Gasteiger partial charge in [-0.2, -0.15) is 0 Å². The molecule has 0 aliphatic rings. The maximum atomic E-state index is 13.2. The molecule has 0 heterocycles. The van der Waals surface area contributed by atoms with Gasteiger partial charge in [0.2, 0.25) is 0 Å². The molecule has 1 rings (SSSR count). The van der Waals surface area contributed by atoms with Crippen molar-refractivity contribution in [1.82, 2.24) is 5.32 Å². The number of halogens is 1. The number of carbonyl (C=O) groups excluding carboxylic acids is 1. The molecule has 1 amide bonds. The van der Waals surface area contributed by atoms with Gasteiger partial charge in [0.15, 0.2) is 0 Å². The van der Waals surface area contributed by atoms with Gasteiger partial charge in [0, 0.05) is 12.2 Å². The second kappa shape index (κ2) is 4.75. The number of hydrogen-bond acceptors (Lipinski definition) is 3. The van der Waals surface area contributed by atoms with Crippen molar-refractivity contribution in [3.05, 3.63) is 29.6 Å². The topological polar surface area (TPSA) is 75.3 Å². The maximum Gasteiger partial charge on any atom is 0.254 e. The summed E-state index contributed by atoms with van der Waals surface area (Å²) in [6.07, 6.45) is -0.668. The van der Waals surface area contributed by atoms with Crippen molar-refractivity contribution in [2.24, 2.45) is 0 Å². The normalized spacial score (nSPS) is 12.2. The minimum atomic E-state index is -0.668. The van der Waals surface area contributed by atoms with Crippen molar-refractivity contribution in [2.75, 3.05) is 12.3 Å². The van der Waals surface area contributed by atoms with Crippen LogP contribution in [0.2, 0.25) is 0 Å². The number of nitrogen functional groups attached to an aromatic ring is 1. The Morgan fingerprint density at radius 2 is 2.33 bits per heavy atom. The molecule has 0 saturated carbocycles. The van der Waals surface area contributed by atoms with Crippen LogP contribution in [0.3, 0.4) is 0 Å². The Balaban J connectivity index is 2.77. The first-order chi connectivity index (χ1) is 7.00. The molecule has 15 heavy (non-hydrogen) atoms. The van der Waals surface area contributed by atoms with E-state index in [4.69, 9.17) is 10.8 Å². The van der Waals surface area contributed by atoms with Gasteiger partial charge < -0.3 is 16.2 Å². The molecule has 0 radical (unpaired) electrons. The molecule has 0 bridgehead atoms. The van der Waals surface area contributed by atoms with Gasteiger partial charge in [-0.15, -0.1) is 0 Å². The Kier molecular flexibility index (Phi) is 3.62. The zero-order valence-electron chi connectivity index (χ0n) is 8.33. The number of aliphatic hydroxyl groups excluding tert-OH is 1.